The maximum absolute atomic E-state index is 12.5. The number of nitrogens with zero attached hydrogens (tertiary/aromatic N) is 1. The van der Waals surface area contributed by atoms with Gasteiger partial charge in [-0.05, 0) is 37.7 Å². The minimum atomic E-state index is -2.93. The predicted octanol–water partition coefficient (Wildman–Crippen LogP) is 4.85. The Balaban J connectivity index is 1.82. The van der Waals surface area contributed by atoms with E-state index in [0.717, 1.165) is 16.5 Å². The first-order valence-corrected chi connectivity index (χ1v) is 9.40. The number of ether oxygens (including phenoxy) is 3. The molecule has 0 aliphatic carbocycles. The predicted molar refractivity (Wildman–Crippen MR) is 107 cm³/mol. The van der Waals surface area contributed by atoms with Gasteiger partial charge in [0, 0.05) is 24.0 Å². The van der Waals surface area contributed by atoms with E-state index in [9.17, 15) is 13.6 Å². The largest absolute Gasteiger partial charge is 0.493 e. The van der Waals surface area contributed by atoms with Crippen LogP contribution in [0.3, 0.4) is 0 Å². The lowest BCUT2D eigenvalue weighted by atomic mass is 10.1. The zero-order valence-corrected chi connectivity index (χ0v) is 17.0. The molecule has 0 saturated carbocycles. The first-order chi connectivity index (χ1) is 14.4. The van der Waals surface area contributed by atoms with Crippen molar-refractivity contribution in [2.24, 2.45) is 0 Å². The van der Waals surface area contributed by atoms with Crippen LogP contribution in [0.5, 0.6) is 11.5 Å². The second-order valence-corrected chi connectivity index (χ2v) is 6.66. The molecule has 0 saturated heterocycles. The van der Waals surface area contributed by atoms with Gasteiger partial charge in [-0.2, -0.15) is 8.78 Å². The van der Waals surface area contributed by atoms with Crippen LogP contribution in [0.15, 0.2) is 46.9 Å². The fourth-order valence-electron chi connectivity index (χ4n) is 3.26. The van der Waals surface area contributed by atoms with Crippen molar-refractivity contribution in [1.82, 2.24) is 4.90 Å². The molecule has 0 bridgehead atoms. The molecule has 0 atom stereocenters. The Labute approximate surface area is 172 Å². The third kappa shape index (κ3) is 4.88. The van der Waals surface area contributed by atoms with E-state index in [0.29, 0.717) is 18.7 Å². The topological polar surface area (TPSA) is 61.1 Å². The van der Waals surface area contributed by atoms with Crippen molar-refractivity contribution in [3.05, 3.63) is 59.4 Å². The molecule has 8 heteroatoms. The molecular weight excluding hydrogens is 396 g/mol. The number of furan rings is 1. The number of alkyl halides is 2. The van der Waals surface area contributed by atoms with Crippen LogP contribution in [0, 0.1) is 0 Å². The Hall–Kier alpha value is -3.13. The van der Waals surface area contributed by atoms with E-state index >= 15 is 0 Å². The summed E-state index contributed by atoms with van der Waals surface area (Å²) in [5, 5.41) is 0.839. The summed E-state index contributed by atoms with van der Waals surface area (Å²) in [6.45, 7) is -0.0438. The summed E-state index contributed by atoms with van der Waals surface area (Å²) in [4.78, 5) is 14.3. The van der Waals surface area contributed by atoms with Crippen molar-refractivity contribution in [3.8, 4) is 11.5 Å². The standard InChI is InChI=1S/C22H23F2NO5/c1-4-28-21(26)20-16(15-7-5-6-8-17(15)29-20)13-25(2)12-14-9-10-18(30-22(23)24)19(11-14)27-3/h5-11,22H,4,12-13H2,1-3H3. The van der Waals surface area contributed by atoms with Gasteiger partial charge in [-0.3, -0.25) is 4.90 Å². The smallest absolute Gasteiger partial charge is 0.387 e. The summed E-state index contributed by atoms with van der Waals surface area (Å²) in [7, 11) is 3.27. The quantitative estimate of drug-likeness (QED) is 0.462. The molecule has 1 heterocycles. The molecule has 0 aliphatic heterocycles. The lowest BCUT2D eigenvalue weighted by Crippen LogP contribution is -2.19. The van der Waals surface area contributed by atoms with Gasteiger partial charge in [0.25, 0.3) is 0 Å². The number of carbonyl (C=O) groups is 1. The van der Waals surface area contributed by atoms with E-state index in [1.165, 1.54) is 13.2 Å². The minimum absolute atomic E-state index is 0.0238. The van der Waals surface area contributed by atoms with Crippen LogP contribution in [0.1, 0.15) is 28.6 Å². The molecule has 30 heavy (non-hydrogen) atoms. The fourth-order valence-corrected chi connectivity index (χ4v) is 3.26. The van der Waals surface area contributed by atoms with E-state index in [-0.39, 0.29) is 23.9 Å². The number of halogens is 2. The molecule has 0 radical (unpaired) electrons. The highest BCUT2D eigenvalue weighted by Gasteiger charge is 2.22. The summed E-state index contributed by atoms with van der Waals surface area (Å²) >= 11 is 0. The Morgan fingerprint density at radius 1 is 1.13 bits per heavy atom. The molecule has 160 valence electrons. The van der Waals surface area contributed by atoms with Crippen LogP contribution in [0.25, 0.3) is 11.0 Å². The van der Waals surface area contributed by atoms with Gasteiger partial charge in [0.2, 0.25) is 5.76 Å². The van der Waals surface area contributed by atoms with E-state index in [4.69, 9.17) is 13.9 Å². The molecule has 0 N–H and O–H groups in total. The third-order valence-corrected chi connectivity index (χ3v) is 4.48. The van der Waals surface area contributed by atoms with Crippen molar-refractivity contribution < 1.29 is 32.2 Å². The molecule has 0 spiro atoms. The van der Waals surface area contributed by atoms with E-state index in [1.54, 1.807) is 25.1 Å². The Kier molecular flexibility index (Phi) is 6.89. The molecule has 0 unspecified atom stereocenters. The van der Waals surface area contributed by atoms with Gasteiger partial charge in [-0.15, -0.1) is 0 Å². The highest BCUT2D eigenvalue weighted by atomic mass is 19.3. The van der Waals surface area contributed by atoms with Gasteiger partial charge in [0.15, 0.2) is 11.5 Å². The highest BCUT2D eigenvalue weighted by Crippen LogP contribution is 2.31. The monoisotopic (exact) mass is 419 g/mol. The van der Waals surface area contributed by atoms with Gasteiger partial charge < -0.3 is 18.6 Å². The van der Waals surface area contributed by atoms with Gasteiger partial charge in [-0.25, -0.2) is 4.79 Å². The van der Waals surface area contributed by atoms with Gasteiger partial charge >= 0.3 is 12.6 Å². The zero-order valence-electron chi connectivity index (χ0n) is 17.0. The first-order valence-electron chi connectivity index (χ1n) is 9.40. The zero-order chi connectivity index (χ0) is 21.7. The maximum Gasteiger partial charge on any atom is 0.387 e. The molecule has 2 aromatic carbocycles. The molecule has 6 nitrogen and oxygen atoms in total. The lowest BCUT2D eigenvalue weighted by Gasteiger charge is -2.18. The molecule has 0 amide bonds. The number of para-hydroxylation sites is 1. The van der Waals surface area contributed by atoms with Crippen molar-refractivity contribution >= 4 is 16.9 Å². The summed E-state index contributed by atoms with van der Waals surface area (Å²) in [5.74, 6) is -0.123. The number of fused-ring (bicyclic) bond motifs is 1. The molecule has 3 aromatic rings. The molecule has 3 rings (SSSR count). The number of hydrogen-bond donors (Lipinski definition) is 0. The number of methoxy groups -OCH3 is 1. The molecule has 1 aromatic heterocycles. The average Bonchev–Trinajstić information content (AvgIpc) is 3.07. The number of esters is 1. The average molecular weight is 419 g/mol. The lowest BCUT2D eigenvalue weighted by molar-refractivity contribution is -0.0512. The van der Waals surface area contributed by atoms with Crippen LogP contribution >= 0.6 is 0 Å². The van der Waals surface area contributed by atoms with Gasteiger partial charge in [0.05, 0.1) is 13.7 Å². The van der Waals surface area contributed by atoms with E-state index < -0.39 is 12.6 Å². The Morgan fingerprint density at radius 2 is 1.90 bits per heavy atom. The summed E-state index contributed by atoms with van der Waals surface area (Å²) in [6, 6.07) is 12.2. The Bertz CT molecular complexity index is 1020. The number of rotatable bonds is 9. The Morgan fingerprint density at radius 3 is 2.60 bits per heavy atom. The van der Waals surface area contributed by atoms with Crippen molar-refractivity contribution in [3.63, 3.8) is 0 Å². The highest BCUT2D eigenvalue weighted by molar-refractivity contribution is 5.96. The summed E-state index contributed by atoms with van der Waals surface area (Å²) < 4.78 is 45.5. The third-order valence-electron chi connectivity index (χ3n) is 4.48. The fraction of sp³-hybridized carbons (Fsp3) is 0.318. The first kappa shape index (κ1) is 21.6. The maximum atomic E-state index is 12.5. The second kappa shape index (κ2) is 9.58. The van der Waals surface area contributed by atoms with Crippen LogP contribution in [-0.4, -0.2) is 38.2 Å². The van der Waals surface area contributed by atoms with E-state index in [2.05, 4.69) is 4.74 Å². The number of hydrogen-bond acceptors (Lipinski definition) is 6. The van der Waals surface area contributed by atoms with Crippen LogP contribution in [0.2, 0.25) is 0 Å². The van der Waals surface area contributed by atoms with Crippen LogP contribution < -0.4 is 9.47 Å². The second-order valence-electron chi connectivity index (χ2n) is 6.66. The summed E-state index contributed by atoms with van der Waals surface area (Å²) in [6.07, 6.45) is 0. The van der Waals surface area contributed by atoms with E-state index in [1.807, 2.05) is 30.1 Å². The van der Waals surface area contributed by atoms with Gasteiger partial charge in [-0.1, -0.05) is 24.3 Å². The van der Waals surface area contributed by atoms with Crippen LogP contribution in [0.4, 0.5) is 8.78 Å². The number of carbonyl (C=O) groups excluding carboxylic acids is 1. The molecular formula is C22H23F2NO5. The van der Waals surface area contributed by atoms with Crippen molar-refractivity contribution in [1.29, 1.82) is 0 Å². The molecule has 0 aliphatic rings. The summed E-state index contributed by atoms with van der Waals surface area (Å²) in [5.41, 5.74) is 2.18. The number of benzene rings is 2. The SMILES string of the molecule is CCOC(=O)c1oc2ccccc2c1CN(C)Cc1ccc(OC(F)F)c(OC)c1. The normalized spacial score (nSPS) is 11.3. The van der Waals surface area contributed by atoms with Crippen molar-refractivity contribution in [2.75, 3.05) is 20.8 Å². The molecule has 0 fully saturated rings. The minimum Gasteiger partial charge on any atom is -0.493 e. The van der Waals surface area contributed by atoms with Crippen molar-refractivity contribution in [2.45, 2.75) is 26.6 Å². The van der Waals surface area contributed by atoms with Crippen LogP contribution in [-0.2, 0) is 17.8 Å². The van der Waals surface area contributed by atoms with Gasteiger partial charge in [0.1, 0.15) is 5.58 Å².